The van der Waals surface area contributed by atoms with E-state index in [9.17, 15) is 9.18 Å². The van der Waals surface area contributed by atoms with Crippen LogP contribution < -0.4 is 4.90 Å². The standard InChI is InChI=1S/C25H19ClFN3O/c1-16-7-8-19(27)13-22(16)25(31)30-14-20-6-3-11-29(20)15-23-24(30)21(9-10-28-23)17-4-2-5-18(26)12-17/h2-13H,14-15H2,1H3. The lowest BCUT2D eigenvalue weighted by Crippen LogP contribution is -2.32. The molecule has 0 unspecified atom stereocenters. The van der Waals surface area contributed by atoms with Crippen molar-refractivity contribution in [1.82, 2.24) is 9.55 Å². The molecule has 0 saturated heterocycles. The molecular formula is C25H19ClFN3O. The van der Waals surface area contributed by atoms with Gasteiger partial charge in [0.1, 0.15) is 5.82 Å². The number of fused-ring (bicyclic) bond motifs is 2. The molecule has 1 amide bonds. The van der Waals surface area contributed by atoms with E-state index in [1.165, 1.54) is 12.1 Å². The van der Waals surface area contributed by atoms with Gasteiger partial charge in [0.05, 0.1) is 24.5 Å². The molecule has 0 saturated carbocycles. The minimum absolute atomic E-state index is 0.260. The summed E-state index contributed by atoms with van der Waals surface area (Å²) in [5.41, 5.74) is 5.30. The van der Waals surface area contributed by atoms with Gasteiger partial charge in [0.25, 0.3) is 5.91 Å². The summed E-state index contributed by atoms with van der Waals surface area (Å²) in [5.74, 6) is -0.696. The van der Waals surface area contributed by atoms with Crippen molar-refractivity contribution < 1.29 is 9.18 Å². The maximum Gasteiger partial charge on any atom is 0.259 e. The maximum atomic E-state index is 14.0. The second kappa shape index (κ2) is 7.67. The third-order valence-corrected chi connectivity index (χ3v) is 5.88. The number of halogens is 2. The predicted molar refractivity (Wildman–Crippen MR) is 120 cm³/mol. The summed E-state index contributed by atoms with van der Waals surface area (Å²) >= 11 is 6.26. The normalized spacial score (nSPS) is 12.8. The first kappa shape index (κ1) is 19.5. The van der Waals surface area contributed by atoms with E-state index < -0.39 is 5.82 Å². The monoisotopic (exact) mass is 431 g/mol. The molecule has 2 aromatic carbocycles. The second-order valence-corrected chi connectivity index (χ2v) is 8.08. The molecule has 0 spiro atoms. The minimum atomic E-state index is -0.436. The fourth-order valence-corrected chi connectivity index (χ4v) is 4.29. The first-order valence-corrected chi connectivity index (χ1v) is 10.3. The number of hydrogen-bond acceptors (Lipinski definition) is 2. The predicted octanol–water partition coefficient (Wildman–Crippen LogP) is 5.86. The van der Waals surface area contributed by atoms with Crippen LogP contribution in [0.25, 0.3) is 11.1 Å². The number of nitrogens with zero attached hydrogens (tertiary/aromatic N) is 3. The molecule has 2 aromatic heterocycles. The van der Waals surface area contributed by atoms with Crippen LogP contribution in [0.2, 0.25) is 5.02 Å². The number of benzene rings is 2. The molecule has 5 rings (SSSR count). The van der Waals surface area contributed by atoms with E-state index >= 15 is 0 Å². The van der Waals surface area contributed by atoms with Crippen molar-refractivity contribution in [3.8, 4) is 11.1 Å². The lowest BCUT2D eigenvalue weighted by Gasteiger charge is -2.26. The Kier molecular flexibility index (Phi) is 4.83. The van der Waals surface area contributed by atoms with Gasteiger partial charge in [-0.25, -0.2) is 4.39 Å². The van der Waals surface area contributed by atoms with E-state index in [-0.39, 0.29) is 5.91 Å². The van der Waals surface area contributed by atoms with Crippen molar-refractivity contribution in [1.29, 1.82) is 0 Å². The number of hydrogen-bond donors (Lipinski definition) is 0. The van der Waals surface area contributed by atoms with Crippen LogP contribution in [-0.4, -0.2) is 15.5 Å². The molecule has 0 aliphatic carbocycles. The van der Waals surface area contributed by atoms with Gasteiger partial charge in [0.2, 0.25) is 0 Å². The topological polar surface area (TPSA) is 38.1 Å². The third kappa shape index (κ3) is 3.51. The molecule has 0 radical (unpaired) electrons. The number of rotatable bonds is 2. The van der Waals surface area contributed by atoms with Crippen molar-refractivity contribution in [2.75, 3.05) is 4.90 Å². The molecule has 3 heterocycles. The Balaban J connectivity index is 1.74. The highest BCUT2D eigenvalue weighted by atomic mass is 35.5. The summed E-state index contributed by atoms with van der Waals surface area (Å²) in [6.45, 7) is 2.71. The summed E-state index contributed by atoms with van der Waals surface area (Å²) in [7, 11) is 0. The van der Waals surface area contributed by atoms with Crippen molar-refractivity contribution >= 4 is 23.2 Å². The van der Waals surface area contributed by atoms with Crippen LogP contribution in [0.5, 0.6) is 0 Å². The highest BCUT2D eigenvalue weighted by Gasteiger charge is 2.29. The van der Waals surface area contributed by atoms with Gasteiger partial charge >= 0.3 is 0 Å². The number of carbonyl (C=O) groups excluding carboxylic acids is 1. The molecule has 154 valence electrons. The molecule has 31 heavy (non-hydrogen) atoms. The molecule has 0 bridgehead atoms. The van der Waals surface area contributed by atoms with Crippen LogP contribution in [0.4, 0.5) is 10.1 Å². The molecule has 0 N–H and O–H groups in total. The van der Waals surface area contributed by atoms with Crippen LogP contribution in [0.15, 0.2) is 73.1 Å². The zero-order valence-electron chi connectivity index (χ0n) is 16.8. The Hall–Kier alpha value is -3.44. The Morgan fingerprint density at radius 2 is 1.94 bits per heavy atom. The highest BCUT2D eigenvalue weighted by molar-refractivity contribution is 6.30. The highest BCUT2D eigenvalue weighted by Crippen LogP contribution is 2.38. The first-order valence-electron chi connectivity index (χ1n) is 9.97. The Labute approximate surface area is 184 Å². The number of carbonyl (C=O) groups is 1. The van der Waals surface area contributed by atoms with E-state index in [1.807, 2.05) is 55.6 Å². The van der Waals surface area contributed by atoms with Crippen molar-refractivity contribution in [3.63, 3.8) is 0 Å². The summed E-state index contributed by atoms with van der Waals surface area (Å²) in [5, 5.41) is 0.613. The number of anilines is 1. The number of amides is 1. The molecule has 1 aliphatic rings. The van der Waals surface area contributed by atoms with E-state index in [2.05, 4.69) is 9.55 Å². The van der Waals surface area contributed by atoms with E-state index in [0.29, 0.717) is 23.7 Å². The first-order chi connectivity index (χ1) is 15.0. The SMILES string of the molecule is Cc1ccc(F)cc1C(=O)N1Cc2cccn2Cc2nccc(-c3cccc(Cl)c3)c21. The molecule has 4 aromatic rings. The van der Waals surface area contributed by atoms with Gasteiger partial charge in [-0.2, -0.15) is 0 Å². The number of aromatic nitrogens is 2. The molecular weight excluding hydrogens is 413 g/mol. The molecule has 4 nitrogen and oxygen atoms in total. The largest absolute Gasteiger partial charge is 0.344 e. The van der Waals surface area contributed by atoms with Gasteiger partial charge in [-0.1, -0.05) is 29.8 Å². The smallest absolute Gasteiger partial charge is 0.259 e. The Bertz CT molecular complexity index is 1310. The summed E-state index contributed by atoms with van der Waals surface area (Å²) in [6.07, 6.45) is 3.73. The fraction of sp³-hybridized carbons (Fsp3) is 0.120. The average molecular weight is 432 g/mol. The molecule has 0 atom stereocenters. The summed E-state index contributed by atoms with van der Waals surface area (Å²) in [6, 6.07) is 17.7. The number of aryl methyl sites for hydroxylation is 1. The second-order valence-electron chi connectivity index (χ2n) is 7.64. The van der Waals surface area contributed by atoms with E-state index in [1.54, 1.807) is 17.2 Å². The Morgan fingerprint density at radius 1 is 1.06 bits per heavy atom. The van der Waals surface area contributed by atoms with Gasteiger partial charge in [-0.05, 0) is 60.5 Å². The van der Waals surface area contributed by atoms with Crippen LogP contribution in [0.1, 0.15) is 27.3 Å². The van der Waals surface area contributed by atoms with Crippen LogP contribution in [0.3, 0.4) is 0 Å². The lowest BCUT2D eigenvalue weighted by atomic mass is 10.0. The minimum Gasteiger partial charge on any atom is -0.344 e. The van der Waals surface area contributed by atoms with E-state index in [0.717, 1.165) is 33.8 Å². The summed E-state index contributed by atoms with van der Waals surface area (Å²) < 4.78 is 16.1. The molecule has 0 fully saturated rings. The lowest BCUT2D eigenvalue weighted by molar-refractivity contribution is 0.0984. The maximum absolute atomic E-state index is 14.0. The average Bonchev–Trinajstić information content (AvgIpc) is 3.13. The van der Waals surface area contributed by atoms with Gasteiger partial charge in [-0.15, -0.1) is 0 Å². The fourth-order valence-electron chi connectivity index (χ4n) is 4.10. The summed E-state index contributed by atoms with van der Waals surface area (Å²) in [4.78, 5) is 20.1. The van der Waals surface area contributed by atoms with Crippen LogP contribution >= 0.6 is 11.6 Å². The van der Waals surface area contributed by atoms with Crippen molar-refractivity contribution in [2.24, 2.45) is 0 Å². The zero-order chi connectivity index (χ0) is 21.5. The van der Waals surface area contributed by atoms with Gasteiger partial charge in [-0.3, -0.25) is 14.7 Å². The zero-order valence-corrected chi connectivity index (χ0v) is 17.6. The van der Waals surface area contributed by atoms with Gasteiger partial charge in [0, 0.05) is 34.2 Å². The van der Waals surface area contributed by atoms with Gasteiger partial charge in [0.15, 0.2) is 0 Å². The molecule has 1 aliphatic heterocycles. The third-order valence-electron chi connectivity index (χ3n) is 5.64. The molecule has 6 heteroatoms. The quantitative estimate of drug-likeness (QED) is 0.398. The van der Waals surface area contributed by atoms with E-state index in [4.69, 9.17) is 11.6 Å². The van der Waals surface area contributed by atoms with Crippen LogP contribution in [0, 0.1) is 12.7 Å². The van der Waals surface area contributed by atoms with Crippen molar-refractivity contribution in [2.45, 2.75) is 20.0 Å². The van der Waals surface area contributed by atoms with Crippen molar-refractivity contribution in [3.05, 3.63) is 106 Å². The number of pyridine rings is 1. The van der Waals surface area contributed by atoms with Crippen LogP contribution in [-0.2, 0) is 13.1 Å². The van der Waals surface area contributed by atoms with Gasteiger partial charge < -0.3 is 4.57 Å². The Morgan fingerprint density at radius 3 is 2.77 bits per heavy atom.